The second kappa shape index (κ2) is 9.14. The highest BCUT2D eigenvalue weighted by atomic mass is 35.5. The molecule has 0 unspecified atom stereocenters. The minimum Gasteiger partial charge on any atom is -0.340 e. The average molecular weight is 398 g/mol. The third kappa shape index (κ3) is 6.11. The summed E-state index contributed by atoms with van der Waals surface area (Å²) in [4.78, 5) is 13.4. The molecule has 0 bridgehead atoms. The van der Waals surface area contributed by atoms with Crippen molar-refractivity contribution < 1.29 is 17.6 Å². The lowest BCUT2D eigenvalue weighted by Crippen LogP contribution is -2.33. The summed E-state index contributed by atoms with van der Waals surface area (Å²) in [5.74, 6) is -1.77. The molecule has 0 aliphatic carbocycles. The Bertz CT molecular complexity index is 836. The molecular formula is C19H21ClFNO3S. The number of carbonyl (C=O) groups is 1. The molecule has 7 heteroatoms. The van der Waals surface area contributed by atoms with Crippen LogP contribution in [0.2, 0.25) is 5.02 Å². The van der Waals surface area contributed by atoms with Crippen LogP contribution in [0.4, 0.5) is 4.39 Å². The Morgan fingerprint density at radius 2 is 1.81 bits per heavy atom. The maximum Gasteiger partial charge on any atom is 0.237 e. The summed E-state index contributed by atoms with van der Waals surface area (Å²) in [6, 6.07) is 13.8. The van der Waals surface area contributed by atoms with Gasteiger partial charge in [-0.15, -0.1) is 0 Å². The first-order chi connectivity index (χ1) is 12.3. The number of hydrogen-bond donors (Lipinski definition) is 0. The van der Waals surface area contributed by atoms with Crippen LogP contribution in [0.1, 0.15) is 17.5 Å². The number of amides is 1. The smallest absolute Gasteiger partial charge is 0.237 e. The third-order valence-electron chi connectivity index (χ3n) is 3.99. The van der Waals surface area contributed by atoms with E-state index in [4.69, 9.17) is 11.6 Å². The Hall–Kier alpha value is -1.92. The fourth-order valence-electron chi connectivity index (χ4n) is 2.52. The molecule has 0 heterocycles. The van der Waals surface area contributed by atoms with Gasteiger partial charge in [-0.2, -0.15) is 0 Å². The molecule has 0 aliphatic heterocycles. The van der Waals surface area contributed by atoms with Crippen LogP contribution < -0.4 is 0 Å². The topological polar surface area (TPSA) is 54.5 Å². The number of halogens is 2. The number of hydrogen-bond acceptors (Lipinski definition) is 3. The maximum atomic E-state index is 13.8. The van der Waals surface area contributed by atoms with Gasteiger partial charge in [-0.3, -0.25) is 4.79 Å². The molecule has 2 rings (SSSR count). The molecule has 0 atom stereocenters. The highest BCUT2D eigenvalue weighted by Gasteiger charge is 2.21. The number of benzene rings is 2. The first kappa shape index (κ1) is 20.4. The zero-order valence-electron chi connectivity index (χ0n) is 14.5. The van der Waals surface area contributed by atoms with Crippen LogP contribution in [0.5, 0.6) is 0 Å². The van der Waals surface area contributed by atoms with Crippen LogP contribution >= 0.6 is 11.6 Å². The molecule has 0 spiro atoms. The normalized spacial score (nSPS) is 11.3. The lowest BCUT2D eigenvalue weighted by atomic mass is 10.1. The maximum absolute atomic E-state index is 13.8. The van der Waals surface area contributed by atoms with Crippen molar-refractivity contribution in [2.24, 2.45) is 0 Å². The molecular weight excluding hydrogens is 377 g/mol. The van der Waals surface area contributed by atoms with Crippen LogP contribution in [0.25, 0.3) is 0 Å². The second-order valence-electron chi connectivity index (χ2n) is 6.13. The Balaban J connectivity index is 1.88. The van der Waals surface area contributed by atoms with Gasteiger partial charge >= 0.3 is 0 Å². The van der Waals surface area contributed by atoms with Crippen molar-refractivity contribution in [2.45, 2.75) is 19.4 Å². The molecule has 0 aromatic heterocycles. The Labute approximate surface area is 158 Å². The standard InChI is InChI=1S/C19H21ClFNO3S/c1-22(13-16-17(20)10-5-11-18(16)21)19(23)14-26(24,25)12-6-9-15-7-3-2-4-8-15/h2-5,7-8,10-11H,6,9,12-14H2,1H3. The predicted octanol–water partition coefficient (Wildman–Crippen LogP) is 3.49. The molecule has 0 aliphatic rings. The highest BCUT2D eigenvalue weighted by Crippen LogP contribution is 2.20. The zero-order valence-corrected chi connectivity index (χ0v) is 16.1. The summed E-state index contributed by atoms with van der Waals surface area (Å²) < 4.78 is 38.1. The number of carbonyl (C=O) groups excluding carboxylic acids is 1. The van der Waals surface area contributed by atoms with Gasteiger partial charge in [0, 0.05) is 24.2 Å². The van der Waals surface area contributed by atoms with Crippen LogP contribution in [0, 0.1) is 5.82 Å². The van der Waals surface area contributed by atoms with Crippen molar-refractivity contribution in [3.63, 3.8) is 0 Å². The van der Waals surface area contributed by atoms with E-state index >= 15 is 0 Å². The molecule has 0 saturated carbocycles. The summed E-state index contributed by atoms with van der Waals surface area (Å²) >= 11 is 5.94. The zero-order chi connectivity index (χ0) is 19.2. The first-order valence-corrected chi connectivity index (χ1v) is 10.4. The van der Waals surface area contributed by atoms with E-state index in [1.807, 2.05) is 30.3 Å². The van der Waals surface area contributed by atoms with Gasteiger partial charge in [-0.25, -0.2) is 12.8 Å². The van der Waals surface area contributed by atoms with Gasteiger partial charge in [0.1, 0.15) is 11.6 Å². The predicted molar refractivity (Wildman–Crippen MR) is 101 cm³/mol. The monoisotopic (exact) mass is 397 g/mol. The Morgan fingerprint density at radius 1 is 1.12 bits per heavy atom. The third-order valence-corrected chi connectivity index (χ3v) is 5.94. The Morgan fingerprint density at radius 3 is 2.46 bits per heavy atom. The van der Waals surface area contributed by atoms with Crippen molar-refractivity contribution in [3.05, 3.63) is 70.5 Å². The van der Waals surface area contributed by atoms with Gasteiger partial charge in [0.2, 0.25) is 5.91 Å². The van der Waals surface area contributed by atoms with Gasteiger partial charge < -0.3 is 4.90 Å². The van der Waals surface area contributed by atoms with Crippen molar-refractivity contribution in [2.75, 3.05) is 18.6 Å². The van der Waals surface area contributed by atoms with Gasteiger partial charge in [0.25, 0.3) is 0 Å². The van der Waals surface area contributed by atoms with E-state index in [-0.39, 0.29) is 22.9 Å². The van der Waals surface area contributed by atoms with Crippen LogP contribution in [0.3, 0.4) is 0 Å². The van der Waals surface area contributed by atoms with Crippen LogP contribution in [-0.4, -0.2) is 37.8 Å². The van der Waals surface area contributed by atoms with E-state index in [9.17, 15) is 17.6 Å². The second-order valence-corrected chi connectivity index (χ2v) is 8.72. The number of rotatable bonds is 8. The molecule has 2 aromatic carbocycles. The van der Waals surface area contributed by atoms with Crippen LogP contribution in [-0.2, 0) is 27.6 Å². The molecule has 140 valence electrons. The van der Waals surface area contributed by atoms with E-state index in [2.05, 4.69) is 0 Å². The van der Waals surface area contributed by atoms with E-state index in [0.29, 0.717) is 12.8 Å². The molecule has 4 nitrogen and oxygen atoms in total. The molecule has 2 aromatic rings. The van der Waals surface area contributed by atoms with Crippen molar-refractivity contribution in [3.8, 4) is 0 Å². The van der Waals surface area contributed by atoms with Gasteiger partial charge in [-0.05, 0) is 30.5 Å². The molecule has 26 heavy (non-hydrogen) atoms. The van der Waals surface area contributed by atoms with Gasteiger partial charge in [-0.1, -0.05) is 48.0 Å². The molecule has 0 N–H and O–H groups in total. The summed E-state index contributed by atoms with van der Waals surface area (Å²) in [5.41, 5.74) is 1.23. The number of aryl methyl sites for hydroxylation is 1. The summed E-state index contributed by atoms with van der Waals surface area (Å²) in [7, 11) is -2.09. The minimum absolute atomic E-state index is 0.0675. The minimum atomic E-state index is -3.53. The fourth-order valence-corrected chi connectivity index (χ4v) is 4.07. The first-order valence-electron chi connectivity index (χ1n) is 8.20. The number of nitrogens with zero attached hydrogens (tertiary/aromatic N) is 1. The molecule has 0 fully saturated rings. The van der Waals surface area contributed by atoms with Gasteiger partial charge in [0.15, 0.2) is 9.84 Å². The molecule has 1 amide bonds. The van der Waals surface area contributed by atoms with Gasteiger partial charge in [0.05, 0.1) is 5.75 Å². The SMILES string of the molecule is CN(Cc1c(F)cccc1Cl)C(=O)CS(=O)(=O)CCCc1ccccc1. The van der Waals surface area contributed by atoms with Crippen molar-refractivity contribution in [1.82, 2.24) is 4.90 Å². The summed E-state index contributed by atoms with van der Waals surface area (Å²) in [6.07, 6.45) is 1.08. The lowest BCUT2D eigenvalue weighted by molar-refractivity contribution is -0.127. The van der Waals surface area contributed by atoms with E-state index in [1.54, 1.807) is 0 Å². The summed E-state index contributed by atoms with van der Waals surface area (Å²) in [6.45, 7) is -0.0795. The van der Waals surface area contributed by atoms with E-state index < -0.39 is 27.3 Å². The quantitative estimate of drug-likeness (QED) is 0.685. The van der Waals surface area contributed by atoms with E-state index in [0.717, 1.165) is 5.56 Å². The average Bonchev–Trinajstić information content (AvgIpc) is 2.58. The molecule has 0 saturated heterocycles. The molecule has 0 radical (unpaired) electrons. The van der Waals surface area contributed by atoms with Crippen molar-refractivity contribution >= 4 is 27.3 Å². The highest BCUT2D eigenvalue weighted by molar-refractivity contribution is 7.92. The fraction of sp³-hybridized carbons (Fsp3) is 0.316. The largest absolute Gasteiger partial charge is 0.340 e. The van der Waals surface area contributed by atoms with E-state index in [1.165, 1.54) is 30.1 Å². The van der Waals surface area contributed by atoms with Crippen molar-refractivity contribution in [1.29, 1.82) is 0 Å². The van der Waals surface area contributed by atoms with Crippen LogP contribution in [0.15, 0.2) is 48.5 Å². The lowest BCUT2D eigenvalue weighted by Gasteiger charge is -2.18. The summed E-state index contributed by atoms with van der Waals surface area (Å²) in [5, 5.41) is 0.204. The Kier molecular flexibility index (Phi) is 7.17. The number of sulfone groups is 1.